The van der Waals surface area contributed by atoms with E-state index in [1.54, 1.807) is 11.8 Å². The molecule has 0 spiro atoms. The number of nitrogens with zero attached hydrogens (tertiary/aromatic N) is 2. The van der Waals surface area contributed by atoms with E-state index in [9.17, 15) is 0 Å². The highest BCUT2D eigenvalue weighted by Crippen LogP contribution is 2.21. The molecule has 0 saturated carbocycles. The lowest BCUT2D eigenvalue weighted by Gasteiger charge is -2.22. The SMILES string of the molecule is CSc1ncc2c(n1)CCNC2C. The third kappa shape index (κ3) is 1.69. The van der Waals surface area contributed by atoms with Crippen molar-refractivity contribution >= 4 is 11.8 Å². The summed E-state index contributed by atoms with van der Waals surface area (Å²) in [6.07, 6.45) is 4.98. The molecule has 0 radical (unpaired) electrons. The van der Waals surface area contributed by atoms with Crippen LogP contribution in [0.1, 0.15) is 24.2 Å². The summed E-state index contributed by atoms with van der Waals surface area (Å²) >= 11 is 1.60. The van der Waals surface area contributed by atoms with Gasteiger partial charge in [0.1, 0.15) is 0 Å². The lowest BCUT2D eigenvalue weighted by atomic mass is 10.0. The molecule has 1 aromatic rings. The van der Waals surface area contributed by atoms with Gasteiger partial charge in [0.05, 0.1) is 5.69 Å². The van der Waals surface area contributed by atoms with Crippen LogP contribution in [0.4, 0.5) is 0 Å². The maximum Gasteiger partial charge on any atom is 0.187 e. The molecule has 0 fully saturated rings. The number of hydrogen-bond donors (Lipinski definition) is 1. The summed E-state index contributed by atoms with van der Waals surface area (Å²) in [5.74, 6) is 0. The van der Waals surface area contributed by atoms with Crippen LogP contribution in [-0.4, -0.2) is 22.8 Å². The topological polar surface area (TPSA) is 37.8 Å². The summed E-state index contributed by atoms with van der Waals surface area (Å²) in [4.78, 5) is 8.77. The fourth-order valence-corrected chi connectivity index (χ4v) is 1.95. The Labute approximate surface area is 82.4 Å². The first-order chi connectivity index (χ1) is 6.31. The van der Waals surface area contributed by atoms with Gasteiger partial charge < -0.3 is 5.32 Å². The average molecular weight is 195 g/mol. The van der Waals surface area contributed by atoms with Crippen molar-refractivity contribution in [1.29, 1.82) is 0 Å². The van der Waals surface area contributed by atoms with Crippen molar-refractivity contribution in [3.8, 4) is 0 Å². The second kappa shape index (κ2) is 3.64. The van der Waals surface area contributed by atoms with Gasteiger partial charge >= 0.3 is 0 Å². The Kier molecular flexibility index (Phi) is 2.51. The highest BCUT2D eigenvalue weighted by Gasteiger charge is 2.17. The summed E-state index contributed by atoms with van der Waals surface area (Å²) < 4.78 is 0. The van der Waals surface area contributed by atoms with Gasteiger partial charge in [-0.2, -0.15) is 0 Å². The minimum atomic E-state index is 0.402. The van der Waals surface area contributed by atoms with Crippen LogP contribution in [0, 0.1) is 0 Å². The van der Waals surface area contributed by atoms with Crippen molar-refractivity contribution in [2.75, 3.05) is 12.8 Å². The normalized spacial score (nSPS) is 21.2. The van der Waals surface area contributed by atoms with E-state index in [0.29, 0.717) is 6.04 Å². The first kappa shape index (κ1) is 8.97. The lowest BCUT2D eigenvalue weighted by molar-refractivity contribution is 0.524. The number of fused-ring (bicyclic) bond motifs is 1. The van der Waals surface area contributed by atoms with Crippen LogP contribution in [0.15, 0.2) is 11.4 Å². The molecular formula is C9H13N3S. The third-order valence-electron chi connectivity index (χ3n) is 2.34. The fraction of sp³-hybridized carbons (Fsp3) is 0.556. The van der Waals surface area contributed by atoms with Gasteiger partial charge in [-0.25, -0.2) is 9.97 Å². The zero-order valence-electron chi connectivity index (χ0n) is 7.87. The van der Waals surface area contributed by atoms with Crippen LogP contribution in [0.2, 0.25) is 0 Å². The first-order valence-electron chi connectivity index (χ1n) is 4.44. The Bertz CT molecular complexity index is 314. The van der Waals surface area contributed by atoms with Gasteiger partial charge in [-0.15, -0.1) is 0 Å². The molecule has 2 heterocycles. The molecule has 4 heteroatoms. The summed E-state index contributed by atoms with van der Waals surface area (Å²) in [6, 6.07) is 0.402. The molecule has 0 aromatic carbocycles. The molecule has 1 aliphatic rings. The number of rotatable bonds is 1. The Morgan fingerprint density at radius 1 is 1.62 bits per heavy atom. The minimum absolute atomic E-state index is 0.402. The van der Waals surface area contributed by atoms with Crippen LogP contribution in [0.25, 0.3) is 0 Å². The van der Waals surface area contributed by atoms with Crippen LogP contribution in [-0.2, 0) is 6.42 Å². The summed E-state index contributed by atoms with van der Waals surface area (Å²) in [5, 5.41) is 4.27. The van der Waals surface area contributed by atoms with E-state index in [1.165, 1.54) is 11.3 Å². The molecule has 1 atom stereocenters. The lowest BCUT2D eigenvalue weighted by Crippen LogP contribution is -2.28. The van der Waals surface area contributed by atoms with E-state index < -0.39 is 0 Å². The summed E-state index contributed by atoms with van der Waals surface area (Å²) in [6.45, 7) is 3.18. The van der Waals surface area contributed by atoms with Crippen molar-refractivity contribution in [3.05, 3.63) is 17.5 Å². The van der Waals surface area contributed by atoms with E-state index >= 15 is 0 Å². The van der Waals surface area contributed by atoms with Gasteiger partial charge in [-0.3, -0.25) is 0 Å². The van der Waals surface area contributed by atoms with Crippen LogP contribution in [0.5, 0.6) is 0 Å². The molecule has 13 heavy (non-hydrogen) atoms. The number of thioether (sulfide) groups is 1. The second-order valence-corrected chi connectivity index (χ2v) is 3.96. The molecule has 0 aliphatic carbocycles. The van der Waals surface area contributed by atoms with Gasteiger partial charge in [0.25, 0.3) is 0 Å². The highest BCUT2D eigenvalue weighted by molar-refractivity contribution is 7.98. The van der Waals surface area contributed by atoms with Crippen LogP contribution in [0.3, 0.4) is 0 Å². The average Bonchev–Trinajstić information content (AvgIpc) is 2.18. The Morgan fingerprint density at radius 3 is 3.23 bits per heavy atom. The number of hydrogen-bond acceptors (Lipinski definition) is 4. The molecule has 1 aromatic heterocycles. The van der Waals surface area contributed by atoms with E-state index in [1.807, 2.05) is 12.5 Å². The molecule has 70 valence electrons. The monoisotopic (exact) mass is 195 g/mol. The summed E-state index contributed by atoms with van der Waals surface area (Å²) in [5.41, 5.74) is 2.47. The molecular weight excluding hydrogens is 182 g/mol. The van der Waals surface area contributed by atoms with Gasteiger partial charge in [0.15, 0.2) is 5.16 Å². The van der Waals surface area contributed by atoms with Crippen LogP contribution >= 0.6 is 11.8 Å². The molecule has 0 amide bonds. The van der Waals surface area contributed by atoms with Crippen molar-refractivity contribution in [2.24, 2.45) is 0 Å². The molecule has 0 saturated heterocycles. The number of nitrogens with one attached hydrogen (secondary N) is 1. The molecule has 1 aliphatic heterocycles. The number of aromatic nitrogens is 2. The summed E-state index contributed by atoms with van der Waals surface area (Å²) in [7, 11) is 0. The van der Waals surface area contributed by atoms with Crippen molar-refractivity contribution in [3.63, 3.8) is 0 Å². The zero-order chi connectivity index (χ0) is 9.26. The molecule has 3 nitrogen and oxygen atoms in total. The minimum Gasteiger partial charge on any atom is -0.310 e. The first-order valence-corrected chi connectivity index (χ1v) is 5.67. The molecule has 1 unspecified atom stereocenters. The van der Waals surface area contributed by atoms with E-state index in [-0.39, 0.29) is 0 Å². The predicted molar refractivity (Wildman–Crippen MR) is 53.9 cm³/mol. The molecule has 1 N–H and O–H groups in total. The smallest absolute Gasteiger partial charge is 0.187 e. The molecule has 0 bridgehead atoms. The van der Waals surface area contributed by atoms with Gasteiger partial charge in [0, 0.05) is 30.8 Å². The second-order valence-electron chi connectivity index (χ2n) is 3.18. The quantitative estimate of drug-likeness (QED) is 0.543. The maximum atomic E-state index is 4.49. The van der Waals surface area contributed by atoms with E-state index in [2.05, 4.69) is 22.2 Å². The predicted octanol–water partition coefficient (Wildman–Crippen LogP) is 1.41. The largest absolute Gasteiger partial charge is 0.310 e. The highest BCUT2D eigenvalue weighted by atomic mass is 32.2. The molecule has 2 rings (SSSR count). The standard InChI is InChI=1S/C9H13N3S/c1-6-7-5-11-9(13-2)12-8(7)3-4-10-6/h5-6,10H,3-4H2,1-2H3. The van der Waals surface area contributed by atoms with Crippen molar-refractivity contribution < 1.29 is 0 Å². The van der Waals surface area contributed by atoms with Crippen molar-refractivity contribution in [1.82, 2.24) is 15.3 Å². The van der Waals surface area contributed by atoms with Gasteiger partial charge in [-0.05, 0) is 13.2 Å². The van der Waals surface area contributed by atoms with E-state index in [0.717, 1.165) is 18.1 Å². The third-order valence-corrected chi connectivity index (χ3v) is 2.90. The van der Waals surface area contributed by atoms with Gasteiger partial charge in [-0.1, -0.05) is 11.8 Å². The van der Waals surface area contributed by atoms with E-state index in [4.69, 9.17) is 0 Å². The maximum absolute atomic E-state index is 4.49. The Hall–Kier alpha value is -0.610. The Morgan fingerprint density at radius 2 is 2.46 bits per heavy atom. The fourth-order valence-electron chi connectivity index (χ4n) is 1.59. The van der Waals surface area contributed by atoms with Gasteiger partial charge in [0.2, 0.25) is 0 Å². The zero-order valence-corrected chi connectivity index (χ0v) is 8.69. The van der Waals surface area contributed by atoms with Crippen LogP contribution < -0.4 is 5.32 Å². The van der Waals surface area contributed by atoms with Crippen molar-refractivity contribution in [2.45, 2.75) is 24.5 Å². The Balaban J connectivity index is 2.39.